The van der Waals surface area contributed by atoms with Gasteiger partial charge in [0, 0.05) is 13.1 Å². The number of carbonyl (C=O) groups is 2. The van der Waals surface area contributed by atoms with Gasteiger partial charge in [0.25, 0.3) is 0 Å². The predicted octanol–water partition coefficient (Wildman–Crippen LogP) is 0.437. The van der Waals surface area contributed by atoms with Crippen LogP contribution in [0.1, 0.15) is 26.2 Å². The van der Waals surface area contributed by atoms with Gasteiger partial charge in [0.05, 0.1) is 31.5 Å². The van der Waals surface area contributed by atoms with E-state index in [2.05, 4.69) is 0 Å². The van der Waals surface area contributed by atoms with E-state index in [1.165, 1.54) is 4.90 Å². The second-order valence-corrected chi connectivity index (χ2v) is 5.22. The third kappa shape index (κ3) is 4.73. The highest BCUT2D eigenvalue weighted by Gasteiger charge is 2.37. The number of carboxylic acid groups (broad SMARTS) is 1. The van der Waals surface area contributed by atoms with E-state index < -0.39 is 12.0 Å². The van der Waals surface area contributed by atoms with Crippen molar-refractivity contribution in [2.24, 2.45) is 5.92 Å². The molecule has 1 heterocycles. The number of carbonyl (C=O) groups excluding carboxylic acids is 1. The molecule has 1 N–H and O–H groups in total. The van der Waals surface area contributed by atoms with Gasteiger partial charge in [-0.05, 0) is 18.9 Å². The number of rotatable bonds is 7. The van der Waals surface area contributed by atoms with Gasteiger partial charge in [0.15, 0.2) is 0 Å². The first-order valence-corrected chi connectivity index (χ1v) is 6.99. The van der Waals surface area contributed by atoms with Gasteiger partial charge in [0.2, 0.25) is 5.91 Å². The van der Waals surface area contributed by atoms with Gasteiger partial charge in [-0.25, -0.2) is 0 Å². The Kier molecular flexibility index (Phi) is 6.64. The topological polar surface area (TPSA) is 108 Å². The maximum atomic E-state index is 12.3. The second kappa shape index (κ2) is 8.23. The Bertz CT molecular complexity index is 448. The SMILES string of the molecule is CC1CCN(CC(=O)N(CCC#N)CCC#N)C1C(=O)O. The fraction of sp³-hybridized carbons (Fsp3) is 0.714. The summed E-state index contributed by atoms with van der Waals surface area (Å²) in [5.74, 6) is -1.11. The molecule has 0 aromatic heterocycles. The monoisotopic (exact) mass is 292 g/mol. The largest absolute Gasteiger partial charge is 0.480 e. The van der Waals surface area contributed by atoms with Gasteiger partial charge in [-0.3, -0.25) is 14.5 Å². The summed E-state index contributed by atoms with van der Waals surface area (Å²) < 4.78 is 0. The molecular formula is C14H20N4O3. The lowest BCUT2D eigenvalue weighted by Gasteiger charge is -2.27. The molecule has 114 valence electrons. The number of aliphatic carboxylic acids is 1. The van der Waals surface area contributed by atoms with Gasteiger partial charge in [-0.1, -0.05) is 6.92 Å². The van der Waals surface area contributed by atoms with Crippen molar-refractivity contribution in [3.8, 4) is 12.1 Å². The summed E-state index contributed by atoms with van der Waals surface area (Å²) in [7, 11) is 0. The number of hydrogen-bond donors (Lipinski definition) is 1. The van der Waals surface area contributed by atoms with Crippen LogP contribution in [0.2, 0.25) is 0 Å². The summed E-state index contributed by atoms with van der Waals surface area (Å²) in [5.41, 5.74) is 0. The molecule has 7 nitrogen and oxygen atoms in total. The van der Waals surface area contributed by atoms with Gasteiger partial charge in [-0.15, -0.1) is 0 Å². The van der Waals surface area contributed by atoms with Crippen LogP contribution in [0.4, 0.5) is 0 Å². The third-order valence-corrected chi connectivity index (χ3v) is 3.74. The maximum Gasteiger partial charge on any atom is 0.321 e. The van der Waals surface area contributed by atoms with Crippen LogP contribution >= 0.6 is 0 Å². The molecule has 0 saturated carbocycles. The molecule has 1 aliphatic heterocycles. The van der Waals surface area contributed by atoms with Crippen molar-refractivity contribution in [1.29, 1.82) is 10.5 Å². The van der Waals surface area contributed by atoms with Crippen molar-refractivity contribution in [3.63, 3.8) is 0 Å². The minimum absolute atomic E-state index is 0.0157. The zero-order chi connectivity index (χ0) is 15.8. The molecule has 21 heavy (non-hydrogen) atoms. The van der Waals surface area contributed by atoms with Crippen LogP contribution in [0.15, 0.2) is 0 Å². The molecule has 2 unspecified atom stereocenters. The predicted molar refractivity (Wildman–Crippen MR) is 73.8 cm³/mol. The molecule has 0 aromatic carbocycles. The molecule has 7 heteroatoms. The molecule has 0 radical (unpaired) electrons. The summed E-state index contributed by atoms with van der Waals surface area (Å²) in [4.78, 5) is 26.7. The van der Waals surface area contributed by atoms with Crippen molar-refractivity contribution in [2.75, 3.05) is 26.2 Å². The third-order valence-electron chi connectivity index (χ3n) is 3.74. The number of likely N-dealkylation sites (tertiary alicyclic amines) is 1. The number of nitriles is 2. The highest BCUT2D eigenvalue weighted by atomic mass is 16.4. The minimum Gasteiger partial charge on any atom is -0.480 e. The van der Waals surface area contributed by atoms with Crippen LogP contribution in [0, 0.1) is 28.6 Å². The van der Waals surface area contributed by atoms with Crippen molar-refractivity contribution in [1.82, 2.24) is 9.80 Å². The van der Waals surface area contributed by atoms with Gasteiger partial charge in [0.1, 0.15) is 6.04 Å². The fourth-order valence-corrected chi connectivity index (χ4v) is 2.61. The van der Waals surface area contributed by atoms with Crippen LogP contribution < -0.4 is 0 Å². The quantitative estimate of drug-likeness (QED) is 0.729. The highest BCUT2D eigenvalue weighted by molar-refractivity contribution is 5.80. The van der Waals surface area contributed by atoms with Crippen LogP contribution in [-0.2, 0) is 9.59 Å². The summed E-state index contributed by atoms with van der Waals surface area (Å²) in [6, 6.07) is 3.31. The van der Waals surface area contributed by atoms with Crippen molar-refractivity contribution in [3.05, 3.63) is 0 Å². The average Bonchev–Trinajstić information content (AvgIpc) is 2.79. The molecule has 1 saturated heterocycles. The van der Waals surface area contributed by atoms with Crippen LogP contribution in [0.25, 0.3) is 0 Å². The number of nitrogens with zero attached hydrogens (tertiary/aromatic N) is 4. The van der Waals surface area contributed by atoms with E-state index in [4.69, 9.17) is 10.5 Å². The molecule has 0 bridgehead atoms. The van der Waals surface area contributed by atoms with Crippen molar-refractivity contribution < 1.29 is 14.7 Å². The second-order valence-electron chi connectivity index (χ2n) is 5.22. The molecule has 1 aliphatic rings. The summed E-state index contributed by atoms with van der Waals surface area (Å²) >= 11 is 0. The average molecular weight is 292 g/mol. The first-order valence-electron chi connectivity index (χ1n) is 6.99. The Balaban J connectivity index is 2.65. The molecule has 2 atom stereocenters. The van der Waals surface area contributed by atoms with Crippen LogP contribution in [0.5, 0.6) is 0 Å². The van der Waals surface area contributed by atoms with Crippen LogP contribution in [-0.4, -0.2) is 59.0 Å². The molecule has 1 fully saturated rings. The first-order chi connectivity index (χ1) is 10.0. The lowest BCUT2D eigenvalue weighted by molar-refractivity contribution is -0.144. The summed E-state index contributed by atoms with van der Waals surface area (Å²) in [5, 5.41) is 26.5. The smallest absolute Gasteiger partial charge is 0.321 e. The van der Waals surface area contributed by atoms with Crippen LogP contribution in [0.3, 0.4) is 0 Å². The van der Waals surface area contributed by atoms with Crippen molar-refractivity contribution >= 4 is 11.9 Å². The van der Waals surface area contributed by atoms with Gasteiger partial charge in [-0.2, -0.15) is 10.5 Å². The molecule has 0 spiro atoms. The Hall–Kier alpha value is -2.12. The zero-order valence-corrected chi connectivity index (χ0v) is 12.2. The maximum absolute atomic E-state index is 12.3. The Labute approximate surface area is 124 Å². The molecule has 1 rings (SSSR count). The van der Waals surface area contributed by atoms with E-state index in [-0.39, 0.29) is 44.3 Å². The lowest BCUT2D eigenvalue weighted by Crippen LogP contribution is -2.46. The van der Waals surface area contributed by atoms with E-state index in [9.17, 15) is 14.7 Å². The lowest BCUT2D eigenvalue weighted by atomic mass is 10.0. The molecular weight excluding hydrogens is 272 g/mol. The summed E-state index contributed by atoms with van der Waals surface area (Å²) in [6.07, 6.45) is 1.16. The van der Waals surface area contributed by atoms with Crippen molar-refractivity contribution in [2.45, 2.75) is 32.2 Å². The summed E-state index contributed by atoms with van der Waals surface area (Å²) in [6.45, 7) is 3.02. The van der Waals surface area contributed by atoms with E-state index >= 15 is 0 Å². The molecule has 1 amide bonds. The van der Waals surface area contributed by atoms with E-state index in [1.54, 1.807) is 4.90 Å². The van der Waals surface area contributed by atoms with Gasteiger partial charge >= 0.3 is 5.97 Å². The number of carboxylic acids is 1. The van der Waals surface area contributed by atoms with E-state index in [0.717, 1.165) is 6.42 Å². The molecule has 0 aromatic rings. The first kappa shape index (κ1) is 16.9. The van der Waals surface area contributed by atoms with E-state index in [1.807, 2.05) is 19.1 Å². The normalized spacial score (nSPS) is 21.5. The Morgan fingerprint density at radius 3 is 2.33 bits per heavy atom. The fourth-order valence-electron chi connectivity index (χ4n) is 2.61. The number of amides is 1. The number of hydrogen-bond acceptors (Lipinski definition) is 5. The minimum atomic E-state index is -0.909. The zero-order valence-electron chi connectivity index (χ0n) is 12.2. The standard InChI is InChI=1S/C14H20N4O3/c1-11-4-9-18(13(11)14(20)21)10-12(19)17(7-2-5-15)8-3-6-16/h11,13H,2-4,7-10H2,1H3,(H,20,21). The Morgan fingerprint density at radius 2 is 1.86 bits per heavy atom. The molecule has 0 aliphatic carbocycles. The Morgan fingerprint density at radius 1 is 1.29 bits per heavy atom. The highest BCUT2D eigenvalue weighted by Crippen LogP contribution is 2.23. The van der Waals surface area contributed by atoms with E-state index in [0.29, 0.717) is 6.54 Å². The van der Waals surface area contributed by atoms with Gasteiger partial charge < -0.3 is 10.0 Å².